The number of nitrogens with two attached hydrogens (primary N) is 1. The normalized spacial score (nSPS) is 20.6. The summed E-state index contributed by atoms with van der Waals surface area (Å²) in [7, 11) is 0. The van der Waals surface area contributed by atoms with Crippen LogP contribution in [0.15, 0.2) is 6.07 Å². The number of benzene rings is 1. The summed E-state index contributed by atoms with van der Waals surface area (Å²) < 4.78 is 5.63. The minimum absolute atomic E-state index is 0.00782. The molecule has 0 radical (unpaired) electrons. The zero-order valence-corrected chi connectivity index (χ0v) is 10.3. The maximum atomic E-state index is 10.4. The molecule has 2 aliphatic rings. The molecule has 1 aromatic carbocycles. The SMILES string of the molecule is Cc1cc2c(c(C3(CN)CCC3)c1O)CCO2. The van der Waals surface area contributed by atoms with E-state index in [2.05, 4.69) is 0 Å². The molecule has 0 saturated heterocycles. The molecule has 0 spiro atoms. The quantitative estimate of drug-likeness (QED) is 0.821. The molecule has 17 heavy (non-hydrogen) atoms. The largest absolute Gasteiger partial charge is 0.507 e. The van der Waals surface area contributed by atoms with E-state index in [1.54, 1.807) is 0 Å². The lowest BCUT2D eigenvalue weighted by Crippen LogP contribution is -2.42. The van der Waals surface area contributed by atoms with Gasteiger partial charge in [0.25, 0.3) is 0 Å². The molecule has 0 amide bonds. The molecule has 1 aliphatic heterocycles. The summed E-state index contributed by atoms with van der Waals surface area (Å²) in [6.45, 7) is 3.28. The number of phenols is 1. The molecule has 3 N–H and O–H groups in total. The van der Waals surface area contributed by atoms with Crippen LogP contribution in [0.3, 0.4) is 0 Å². The molecule has 92 valence electrons. The summed E-state index contributed by atoms with van der Waals surface area (Å²) in [5.74, 6) is 1.40. The number of phenolic OH excluding ortho intramolecular Hbond substituents is 1. The molecular formula is C14H19NO2. The fourth-order valence-electron chi connectivity index (χ4n) is 3.19. The lowest BCUT2D eigenvalue weighted by molar-refractivity contribution is 0.243. The third-order valence-electron chi connectivity index (χ3n) is 4.40. The van der Waals surface area contributed by atoms with Gasteiger partial charge in [0.05, 0.1) is 6.61 Å². The van der Waals surface area contributed by atoms with Gasteiger partial charge in [-0.05, 0) is 31.4 Å². The average molecular weight is 233 g/mol. The molecule has 3 heteroatoms. The maximum absolute atomic E-state index is 10.4. The smallest absolute Gasteiger partial charge is 0.123 e. The Labute approximate surface area is 102 Å². The molecule has 1 fully saturated rings. The molecular weight excluding hydrogens is 214 g/mol. The zero-order valence-electron chi connectivity index (χ0n) is 10.3. The van der Waals surface area contributed by atoms with E-state index in [1.807, 2.05) is 13.0 Å². The molecule has 0 aromatic heterocycles. The van der Waals surface area contributed by atoms with Gasteiger partial charge < -0.3 is 15.6 Å². The Bertz CT molecular complexity index is 458. The van der Waals surface area contributed by atoms with Gasteiger partial charge in [0.1, 0.15) is 11.5 Å². The van der Waals surface area contributed by atoms with E-state index in [-0.39, 0.29) is 5.41 Å². The van der Waals surface area contributed by atoms with Crippen molar-refractivity contribution in [2.75, 3.05) is 13.2 Å². The van der Waals surface area contributed by atoms with Gasteiger partial charge >= 0.3 is 0 Å². The van der Waals surface area contributed by atoms with Crippen LogP contribution >= 0.6 is 0 Å². The number of ether oxygens (including phenoxy) is 1. The Morgan fingerprint density at radius 2 is 2.24 bits per heavy atom. The van der Waals surface area contributed by atoms with Crippen LogP contribution in [0.4, 0.5) is 0 Å². The highest BCUT2D eigenvalue weighted by molar-refractivity contribution is 5.58. The van der Waals surface area contributed by atoms with Gasteiger partial charge in [-0.25, -0.2) is 0 Å². The summed E-state index contributed by atoms with van der Waals surface area (Å²) in [5.41, 5.74) is 9.15. The van der Waals surface area contributed by atoms with E-state index in [4.69, 9.17) is 10.5 Å². The Kier molecular flexibility index (Phi) is 2.33. The lowest BCUT2D eigenvalue weighted by atomic mass is 9.62. The molecule has 1 aromatic rings. The van der Waals surface area contributed by atoms with E-state index >= 15 is 0 Å². The first-order chi connectivity index (χ1) is 8.18. The van der Waals surface area contributed by atoms with Crippen molar-refractivity contribution < 1.29 is 9.84 Å². The first kappa shape index (κ1) is 10.9. The van der Waals surface area contributed by atoms with E-state index in [1.165, 1.54) is 12.0 Å². The highest BCUT2D eigenvalue weighted by Gasteiger charge is 2.42. The number of aryl methyl sites for hydroxylation is 1. The number of aromatic hydroxyl groups is 1. The topological polar surface area (TPSA) is 55.5 Å². The Morgan fingerprint density at radius 3 is 2.82 bits per heavy atom. The van der Waals surface area contributed by atoms with Crippen LogP contribution in [0.1, 0.15) is 36.0 Å². The van der Waals surface area contributed by atoms with E-state index in [9.17, 15) is 5.11 Å². The Balaban J connectivity index is 2.21. The maximum Gasteiger partial charge on any atom is 0.123 e. The monoisotopic (exact) mass is 233 g/mol. The van der Waals surface area contributed by atoms with Crippen molar-refractivity contribution in [3.05, 3.63) is 22.8 Å². The zero-order chi connectivity index (χ0) is 12.0. The summed E-state index contributed by atoms with van der Waals surface area (Å²) in [5, 5.41) is 10.4. The molecule has 0 atom stereocenters. The van der Waals surface area contributed by atoms with Gasteiger partial charge in [0.2, 0.25) is 0 Å². The van der Waals surface area contributed by atoms with Crippen LogP contribution < -0.4 is 10.5 Å². The predicted molar refractivity (Wildman–Crippen MR) is 66.6 cm³/mol. The first-order valence-corrected chi connectivity index (χ1v) is 6.37. The standard InChI is InChI=1S/C14H19NO2/c1-9-7-11-10(3-6-17-11)12(13(9)16)14(8-15)4-2-5-14/h7,16H,2-6,8,15H2,1H3. The van der Waals surface area contributed by atoms with Gasteiger partial charge in [-0.15, -0.1) is 0 Å². The minimum Gasteiger partial charge on any atom is -0.507 e. The molecule has 3 rings (SSSR count). The molecule has 3 nitrogen and oxygen atoms in total. The van der Waals surface area contributed by atoms with Crippen LogP contribution in [-0.2, 0) is 11.8 Å². The molecule has 0 unspecified atom stereocenters. The third kappa shape index (κ3) is 1.38. The van der Waals surface area contributed by atoms with E-state index < -0.39 is 0 Å². The predicted octanol–water partition coefficient (Wildman–Crippen LogP) is 2.02. The van der Waals surface area contributed by atoms with Crippen LogP contribution in [0.2, 0.25) is 0 Å². The molecule has 0 bridgehead atoms. The van der Waals surface area contributed by atoms with Gasteiger partial charge in [-0.1, -0.05) is 6.42 Å². The van der Waals surface area contributed by atoms with Crippen molar-refractivity contribution in [3.63, 3.8) is 0 Å². The first-order valence-electron chi connectivity index (χ1n) is 6.37. The van der Waals surface area contributed by atoms with Crippen molar-refractivity contribution in [3.8, 4) is 11.5 Å². The molecule has 1 saturated carbocycles. The van der Waals surface area contributed by atoms with Gasteiger partial charge in [-0.2, -0.15) is 0 Å². The van der Waals surface area contributed by atoms with Crippen LogP contribution in [-0.4, -0.2) is 18.3 Å². The number of fused-ring (bicyclic) bond motifs is 1. The molecule has 1 heterocycles. The Hall–Kier alpha value is -1.22. The summed E-state index contributed by atoms with van der Waals surface area (Å²) >= 11 is 0. The highest BCUT2D eigenvalue weighted by atomic mass is 16.5. The second-order valence-corrected chi connectivity index (χ2v) is 5.33. The van der Waals surface area contributed by atoms with Crippen molar-refractivity contribution in [2.45, 2.75) is 38.0 Å². The van der Waals surface area contributed by atoms with Crippen molar-refractivity contribution in [1.29, 1.82) is 0 Å². The lowest BCUT2D eigenvalue weighted by Gasteiger charge is -2.43. The summed E-state index contributed by atoms with van der Waals surface area (Å²) in [4.78, 5) is 0. The van der Waals surface area contributed by atoms with Crippen molar-refractivity contribution in [2.24, 2.45) is 5.73 Å². The van der Waals surface area contributed by atoms with Crippen LogP contribution in [0, 0.1) is 6.92 Å². The number of hydrogen-bond donors (Lipinski definition) is 2. The van der Waals surface area contributed by atoms with E-state index in [0.717, 1.165) is 42.7 Å². The van der Waals surface area contributed by atoms with Gasteiger partial charge in [0, 0.05) is 29.5 Å². The Morgan fingerprint density at radius 1 is 1.47 bits per heavy atom. The van der Waals surface area contributed by atoms with Crippen LogP contribution in [0.25, 0.3) is 0 Å². The van der Waals surface area contributed by atoms with Gasteiger partial charge in [-0.3, -0.25) is 0 Å². The molecule has 1 aliphatic carbocycles. The minimum atomic E-state index is 0.00782. The summed E-state index contributed by atoms with van der Waals surface area (Å²) in [6, 6.07) is 1.95. The third-order valence-corrected chi connectivity index (χ3v) is 4.40. The summed E-state index contributed by atoms with van der Waals surface area (Å²) in [6.07, 6.45) is 4.29. The second-order valence-electron chi connectivity index (χ2n) is 5.33. The van der Waals surface area contributed by atoms with E-state index in [0.29, 0.717) is 12.3 Å². The van der Waals surface area contributed by atoms with Crippen molar-refractivity contribution >= 4 is 0 Å². The highest BCUT2D eigenvalue weighted by Crippen LogP contribution is 2.51. The number of hydrogen-bond acceptors (Lipinski definition) is 3. The second kappa shape index (κ2) is 3.64. The average Bonchev–Trinajstić information content (AvgIpc) is 2.69. The van der Waals surface area contributed by atoms with Gasteiger partial charge in [0.15, 0.2) is 0 Å². The number of rotatable bonds is 2. The fourth-order valence-corrected chi connectivity index (χ4v) is 3.19. The fraction of sp³-hybridized carbons (Fsp3) is 0.571. The van der Waals surface area contributed by atoms with Crippen molar-refractivity contribution in [1.82, 2.24) is 0 Å². The van der Waals surface area contributed by atoms with Crippen LogP contribution in [0.5, 0.6) is 11.5 Å².